The molecule has 0 aliphatic carbocycles. The maximum atomic E-state index is 13.2. The van der Waals surface area contributed by atoms with Gasteiger partial charge in [0.05, 0.1) is 45.3 Å². The topological polar surface area (TPSA) is 80.5 Å². The van der Waals surface area contributed by atoms with Crippen LogP contribution in [0.15, 0.2) is 59.5 Å². The summed E-state index contributed by atoms with van der Waals surface area (Å²) in [5.74, 6) is 0.715. The molecule has 0 spiro atoms. The first-order valence-electron chi connectivity index (χ1n) is 10.2. The largest absolute Gasteiger partial charge is 0.502 e. The lowest BCUT2D eigenvalue weighted by Gasteiger charge is -2.31. The summed E-state index contributed by atoms with van der Waals surface area (Å²) < 4.78 is 38.3. The number of nitrogens with one attached hydrogen (secondary N) is 1. The third kappa shape index (κ3) is 4.32. The van der Waals surface area contributed by atoms with E-state index in [4.69, 9.17) is 9.47 Å². The van der Waals surface area contributed by atoms with Crippen molar-refractivity contribution in [1.29, 1.82) is 0 Å². The molecule has 4 rings (SSSR count). The highest BCUT2D eigenvalue weighted by atomic mass is 32.2. The number of hydrogen-bond donors (Lipinski definition) is 2. The number of quaternary nitrogens is 1. The molecule has 0 saturated carbocycles. The molecular weight excluding hydrogens is 416 g/mol. The van der Waals surface area contributed by atoms with Gasteiger partial charge in [0.1, 0.15) is 6.54 Å². The molecule has 3 aromatic carbocycles. The van der Waals surface area contributed by atoms with E-state index in [1.54, 1.807) is 28.6 Å². The molecule has 1 fully saturated rings. The van der Waals surface area contributed by atoms with E-state index in [0.29, 0.717) is 49.1 Å². The molecule has 0 bridgehead atoms. The number of sulfonamides is 1. The number of benzene rings is 3. The second-order valence-electron chi connectivity index (χ2n) is 7.69. The predicted octanol–water partition coefficient (Wildman–Crippen LogP) is 1.65. The molecule has 1 heterocycles. The fourth-order valence-corrected chi connectivity index (χ4v) is 5.51. The summed E-state index contributed by atoms with van der Waals surface area (Å²) in [4.78, 5) is 1.60. The Hall–Kier alpha value is -2.81. The van der Waals surface area contributed by atoms with E-state index in [1.807, 2.05) is 30.3 Å². The van der Waals surface area contributed by atoms with Crippen molar-refractivity contribution in [2.24, 2.45) is 0 Å². The first-order valence-corrected chi connectivity index (χ1v) is 11.6. The molecule has 0 radical (unpaired) electrons. The van der Waals surface area contributed by atoms with Crippen molar-refractivity contribution in [3.8, 4) is 17.2 Å². The Kier molecular flexibility index (Phi) is 6.04. The minimum absolute atomic E-state index is 0.0185. The summed E-state index contributed by atoms with van der Waals surface area (Å²) in [5.41, 5.74) is 0.965. The molecular formula is C23H27N2O5S+. The molecule has 164 valence electrons. The van der Waals surface area contributed by atoms with Crippen molar-refractivity contribution in [1.82, 2.24) is 4.31 Å². The third-order valence-corrected chi connectivity index (χ3v) is 7.68. The van der Waals surface area contributed by atoms with Crippen LogP contribution in [-0.4, -0.2) is 58.2 Å². The minimum Gasteiger partial charge on any atom is -0.502 e. The van der Waals surface area contributed by atoms with Gasteiger partial charge >= 0.3 is 0 Å². The van der Waals surface area contributed by atoms with Crippen LogP contribution in [0.2, 0.25) is 0 Å². The number of phenolic OH excluding ortho intramolecular Hbond substituents is 1. The van der Waals surface area contributed by atoms with Gasteiger partial charge in [0.2, 0.25) is 15.8 Å². The Labute approximate surface area is 182 Å². The van der Waals surface area contributed by atoms with Crippen molar-refractivity contribution in [3.05, 3.63) is 60.2 Å². The quantitative estimate of drug-likeness (QED) is 0.606. The SMILES string of the molecule is COc1cc(C[NH+]2CCN(S(=O)(=O)c3ccc4ccccc4c3)CC2)cc(OC)c1O. The maximum Gasteiger partial charge on any atom is 0.243 e. The molecule has 1 aliphatic heterocycles. The highest BCUT2D eigenvalue weighted by Gasteiger charge is 2.30. The van der Waals surface area contributed by atoms with E-state index in [0.717, 1.165) is 16.3 Å². The van der Waals surface area contributed by atoms with Gasteiger partial charge in [-0.1, -0.05) is 30.3 Å². The molecule has 7 nitrogen and oxygen atoms in total. The van der Waals surface area contributed by atoms with Gasteiger partial charge in [-0.2, -0.15) is 4.31 Å². The summed E-state index contributed by atoms with van der Waals surface area (Å²) in [7, 11) is -0.527. The summed E-state index contributed by atoms with van der Waals surface area (Å²) in [6, 6.07) is 16.6. The Morgan fingerprint density at radius 1 is 0.935 bits per heavy atom. The zero-order valence-electron chi connectivity index (χ0n) is 17.7. The summed E-state index contributed by atoms with van der Waals surface area (Å²) >= 11 is 0. The first-order chi connectivity index (χ1) is 14.9. The smallest absolute Gasteiger partial charge is 0.243 e. The van der Waals surface area contributed by atoms with Crippen molar-refractivity contribution < 1.29 is 27.9 Å². The van der Waals surface area contributed by atoms with Gasteiger partial charge in [0.15, 0.2) is 11.5 Å². The zero-order valence-corrected chi connectivity index (χ0v) is 18.5. The number of aromatic hydroxyl groups is 1. The number of rotatable bonds is 6. The van der Waals surface area contributed by atoms with Crippen LogP contribution in [0, 0.1) is 0 Å². The van der Waals surface area contributed by atoms with Crippen LogP contribution in [-0.2, 0) is 16.6 Å². The van der Waals surface area contributed by atoms with Gasteiger partial charge in [-0.25, -0.2) is 8.42 Å². The summed E-state index contributed by atoms with van der Waals surface area (Å²) in [5, 5.41) is 12.0. The van der Waals surface area contributed by atoms with Crippen LogP contribution in [0.4, 0.5) is 0 Å². The molecule has 0 amide bonds. The van der Waals surface area contributed by atoms with Crippen LogP contribution >= 0.6 is 0 Å². The number of piperazine rings is 1. The minimum atomic E-state index is -3.53. The lowest BCUT2D eigenvalue weighted by molar-refractivity contribution is -0.917. The van der Waals surface area contributed by atoms with Gasteiger partial charge in [-0.05, 0) is 35.0 Å². The normalized spacial score (nSPS) is 15.8. The fourth-order valence-electron chi connectivity index (χ4n) is 4.04. The fraction of sp³-hybridized carbons (Fsp3) is 0.304. The average Bonchev–Trinajstić information content (AvgIpc) is 2.80. The van der Waals surface area contributed by atoms with Crippen LogP contribution in [0.1, 0.15) is 5.56 Å². The number of hydrogen-bond acceptors (Lipinski definition) is 5. The Balaban J connectivity index is 1.45. The number of phenols is 1. The lowest BCUT2D eigenvalue weighted by atomic mass is 10.1. The van der Waals surface area contributed by atoms with Crippen molar-refractivity contribution in [2.75, 3.05) is 40.4 Å². The van der Waals surface area contributed by atoms with E-state index < -0.39 is 10.0 Å². The second kappa shape index (κ2) is 8.74. The highest BCUT2D eigenvalue weighted by Crippen LogP contribution is 2.36. The van der Waals surface area contributed by atoms with E-state index in [-0.39, 0.29) is 5.75 Å². The van der Waals surface area contributed by atoms with Crippen LogP contribution in [0.3, 0.4) is 0 Å². The predicted molar refractivity (Wildman–Crippen MR) is 118 cm³/mol. The molecule has 0 aromatic heterocycles. The second-order valence-corrected chi connectivity index (χ2v) is 9.63. The number of methoxy groups -OCH3 is 2. The van der Waals surface area contributed by atoms with Gasteiger partial charge < -0.3 is 19.5 Å². The number of fused-ring (bicyclic) bond motifs is 1. The van der Waals surface area contributed by atoms with Crippen molar-refractivity contribution in [2.45, 2.75) is 11.4 Å². The number of ether oxygens (including phenoxy) is 2. The third-order valence-electron chi connectivity index (χ3n) is 5.78. The Morgan fingerprint density at radius 2 is 1.55 bits per heavy atom. The van der Waals surface area contributed by atoms with Gasteiger partial charge in [0, 0.05) is 5.56 Å². The van der Waals surface area contributed by atoms with E-state index >= 15 is 0 Å². The van der Waals surface area contributed by atoms with Gasteiger partial charge in [-0.3, -0.25) is 0 Å². The Bertz CT molecular complexity index is 1160. The standard InChI is InChI=1S/C23H26N2O5S/c1-29-21-13-17(14-22(30-2)23(21)26)16-24-9-11-25(12-10-24)31(27,28)20-8-7-18-5-3-4-6-19(18)15-20/h3-8,13-15,26H,9-12,16H2,1-2H3/p+1. The van der Waals surface area contributed by atoms with Crippen molar-refractivity contribution >= 4 is 20.8 Å². The molecule has 1 saturated heterocycles. The van der Waals surface area contributed by atoms with Gasteiger partial charge in [0.25, 0.3) is 0 Å². The summed E-state index contributed by atoms with van der Waals surface area (Å²) in [6.45, 7) is 2.99. The van der Waals surface area contributed by atoms with Crippen LogP contribution < -0.4 is 14.4 Å². The van der Waals surface area contributed by atoms with E-state index in [9.17, 15) is 13.5 Å². The molecule has 0 unspecified atom stereocenters. The molecule has 0 atom stereocenters. The average molecular weight is 444 g/mol. The monoisotopic (exact) mass is 443 g/mol. The molecule has 2 N–H and O–H groups in total. The van der Waals surface area contributed by atoms with Gasteiger partial charge in [-0.15, -0.1) is 0 Å². The Morgan fingerprint density at radius 3 is 2.16 bits per heavy atom. The maximum absolute atomic E-state index is 13.2. The first kappa shape index (κ1) is 21.4. The lowest BCUT2D eigenvalue weighted by Crippen LogP contribution is -3.13. The van der Waals surface area contributed by atoms with Crippen LogP contribution in [0.25, 0.3) is 10.8 Å². The molecule has 3 aromatic rings. The zero-order chi connectivity index (χ0) is 22.0. The molecule has 31 heavy (non-hydrogen) atoms. The highest BCUT2D eigenvalue weighted by molar-refractivity contribution is 7.89. The van der Waals surface area contributed by atoms with Crippen LogP contribution in [0.5, 0.6) is 17.2 Å². The molecule has 8 heteroatoms. The van der Waals surface area contributed by atoms with E-state index in [1.165, 1.54) is 19.1 Å². The van der Waals surface area contributed by atoms with Crippen molar-refractivity contribution in [3.63, 3.8) is 0 Å². The summed E-state index contributed by atoms with van der Waals surface area (Å²) in [6.07, 6.45) is 0. The van der Waals surface area contributed by atoms with E-state index in [2.05, 4.69) is 0 Å². The number of nitrogens with zero attached hydrogens (tertiary/aromatic N) is 1. The molecule has 1 aliphatic rings.